The Morgan fingerprint density at radius 2 is 1.67 bits per heavy atom. The van der Waals surface area contributed by atoms with Crippen LogP contribution in [0.25, 0.3) is 11.1 Å². The predicted octanol–water partition coefficient (Wildman–Crippen LogP) is 4.82. The van der Waals surface area contributed by atoms with Gasteiger partial charge in [0.05, 0.1) is 33.1 Å². The van der Waals surface area contributed by atoms with Crippen molar-refractivity contribution in [3.8, 4) is 28.4 Å². The molecule has 1 fully saturated rings. The van der Waals surface area contributed by atoms with Crippen LogP contribution in [-0.4, -0.2) is 68.3 Å². The van der Waals surface area contributed by atoms with Crippen LogP contribution in [0.5, 0.6) is 17.2 Å². The third-order valence-electron chi connectivity index (χ3n) is 8.71. The Bertz CT molecular complexity index is 1500. The van der Waals surface area contributed by atoms with Crippen molar-refractivity contribution in [1.82, 2.24) is 16.0 Å². The molecule has 0 spiro atoms. The highest BCUT2D eigenvalue weighted by molar-refractivity contribution is 7.98. The van der Waals surface area contributed by atoms with E-state index in [9.17, 15) is 14.4 Å². The lowest BCUT2D eigenvalue weighted by molar-refractivity contribution is -0.123. The molecule has 2 aromatic carbocycles. The number of fused-ring (bicyclic) bond motifs is 3. The summed E-state index contributed by atoms with van der Waals surface area (Å²) in [6, 6.07) is 6.07. The number of aryl methyl sites for hydroxylation is 1. The van der Waals surface area contributed by atoms with Gasteiger partial charge in [0.1, 0.15) is 6.04 Å². The Morgan fingerprint density at radius 3 is 2.26 bits per heavy atom. The Hall–Kier alpha value is -3.44. The zero-order valence-corrected chi connectivity index (χ0v) is 29.5. The van der Waals surface area contributed by atoms with Gasteiger partial charge in [-0.05, 0) is 107 Å². The van der Waals surface area contributed by atoms with Gasteiger partial charge in [-0.3, -0.25) is 14.4 Å². The van der Waals surface area contributed by atoms with Crippen molar-refractivity contribution in [3.05, 3.63) is 45.6 Å². The van der Waals surface area contributed by atoms with Gasteiger partial charge < -0.3 is 35.5 Å². The molecular formula is C35H50N4O6S. The first-order chi connectivity index (χ1) is 21.7. The van der Waals surface area contributed by atoms with Crippen molar-refractivity contribution < 1.29 is 23.8 Å². The summed E-state index contributed by atoms with van der Waals surface area (Å²) in [7, 11) is 4.70. The van der Waals surface area contributed by atoms with Gasteiger partial charge in [0, 0.05) is 29.6 Å². The Labute approximate surface area is 277 Å². The first-order valence-electron chi connectivity index (χ1n) is 15.8. The number of carbonyl (C=O) groups is 2. The van der Waals surface area contributed by atoms with Crippen LogP contribution in [0.15, 0.2) is 29.1 Å². The summed E-state index contributed by atoms with van der Waals surface area (Å²) in [6.45, 7) is 10.1. The molecule has 0 bridgehead atoms. The lowest BCUT2D eigenvalue weighted by atomic mass is 9.79. The second-order valence-electron chi connectivity index (χ2n) is 13.6. The number of ether oxygens (including phenoxy) is 3. The standard InChI is InChI=1S/C35H50N4O6S/c1-20(40)36-25-12-10-21-16-29(43-6)31(44-7)32(45-8)30(21)23-11-13-26(28(41)17-24(23)25)38-27(14-15-46-9)33(42)37-22-18-34(2,3)39-35(4,5)19-22/h11,13,16-17,22,25,27,39H,10,12,14-15,18-19H2,1-9H3,(H,36,40)(H,37,42)(H,38,41)/t25-,27-/m0/s1. The number of anilines is 1. The van der Waals surface area contributed by atoms with Gasteiger partial charge in [-0.15, -0.1) is 0 Å². The van der Waals surface area contributed by atoms with Crippen molar-refractivity contribution in [2.75, 3.05) is 38.7 Å². The molecule has 0 aromatic heterocycles. The SMILES string of the molecule is COc1cc2c(c(OC)c1OC)-c1ccc(N[C@@H](CCSC)C(=O)NC3CC(C)(C)NC(C)(C)C3)c(=O)cc1[C@@H](NC(C)=O)CC2. The van der Waals surface area contributed by atoms with Crippen molar-refractivity contribution in [2.24, 2.45) is 0 Å². The summed E-state index contributed by atoms with van der Waals surface area (Å²) in [4.78, 5) is 40.0. The van der Waals surface area contributed by atoms with Crippen LogP contribution in [0, 0.1) is 0 Å². The Kier molecular flexibility index (Phi) is 11.2. The number of amides is 2. The van der Waals surface area contributed by atoms with Gasteiger partial charge in [-0.25, -0.2) is 0 Å². The molecule has 1 saturated heterocycles. The van der Waals surface area contributed by atoms with Crippen LogP contribution >= 0.6 is 11.8 Å². The molecule has 11 heteroatoms. The van der Waals surface area contributed by atoms with Crippen LogP contribution in [0.3, 0.4) is 0 Å². The van der Waals surface area contributed by atoms with Gasteiger partial charge in [-0.2, -0.15) is 11.8 Å². The highest BCUT2D eigenvalue weighted by Gasteiger charge is 2.39. The molecule has 1 aliphatic heterocycles. The van der Waals surface area contributed by atoms with E-state index in [2.05, 4.69) is 49.0 Å². The van der Waals surface area contributed by atoms with E-state index < -0.39 is 12.1 Å². The number of benzene rings is 1. The van der Waals surface area contributed by atoms with Crippen LogP contribution < -0.4 is 40.9 Å². The van der Waals surface area contributed by atoms with E-state index in [4.69, 9.17) is 14.2 Å². The van der Waals surface area contributed by atoms with E-state index in [0.29, 0.717) is 47.8 Å². The fourth-order valence-electron chi connectivity index (χ4n) is 7.25. The molecule has 4 rings (SSSR count). The molecule has 2 aromatic rings. The highest BCUT2D eigenvalue weighted by atomic mass is 32.2. The molecule has 0 radical (unpaired) electrons. The quantitative estimate of drug-likeness (QED) is 0.270. The van der Waals surface area contributed by atoms with Gasteiger partial charge in [0.15, 0.2) is 11.5 Å². The Morgan fingerprint density at radius 1 is 1.00 bits per heavy atom. The second kappa shape index (κ2) is 14.5. The van der Waals surface area contributed by atoms with Gasteiger partial charge in [0.2, 0.25) is 23.0 Å². The van der Waals surface area contributed by atoms with E-state index in [1.165, 1.54) is 6.92 Å². The summed E-state index contributed by atoms with van der Waals surface area (Å²) < 4.78 is 17.2. The molecule has 0 saturated carbocycles. The Balaban J connectivity index is 1.78. The van der Waals surface area contributed by atoms with Crippen molar-refractivity contribution in [3.63, 3.8) is 0 Å². The molecule has 0 unspecified atom stereocenters. The average molecular weight is 655 g/mol. The second-order valence-corrected chi connectivity index (χ2v) is 14.6. The van der Waals surface area contributed by atoms with E-state index in [0.717, 1.165) is 35.3 Å². The van der Waals surface area contributed by atoms with Crippen molar-refractivity contribution in [1.29, 1.82) is 0 Å². The average Bonchev–Trinajstić information content (AvgIpc) is 3.20. The van der Waals surface area contributed by atoms with Crippen LogP contribution in [0.1, 0.15) is 77.5 Å². The largest absolute Gasteiger partial charge is 0.493 e. The molecule has 252 valence electrons. The topological polar surface area (TPSA) is 127 Å². The minimum Gasteiger partial charge on any atom is -0.493 e. The number of rotatable bonds is 11. The molecule has 4 N–H and O–H groups in total. The third-order valence-corrected chi connectivity index (χ3v) is 9.35. The summed E-state index contributed by atoms with van der Waals surface area (Å²) in [5, 5.41) is 13.3. The number of carbonyl (C=O) groups excluding carboxylic acids is 2. The van der Waals surface area contributed by atoms with Crippen molar-refractivity contribution in [2.45, 2.75) is 95.9 Å². The number of methoxy groups -OCH3 is 3. The predicted molar refractivity (Wildman–Crippen MR) is 186 cm³/mol. The van der Waals surface area contributed by atoms with E-state index >= 15 is 0 Å². The molecule has 46 heavy (non-hydrogen) atoms. The number of thioether (sulfide) groups is 1. The minimum absolute atomic E-state index is 0.00125. The first-order valence-corrected chi connectivity index (χ1v) is 17.2. The summed E-state index contributed by atoms with van der Waals surface area (Å²) in [5.74, 6) is 1.89. The maximum absolute atomic E-state index is 13.9. The highest BCUT2D eigenvalue weighted by Crippen LogP contribution is 2.50. The maximum atomic E-state index is 13.9. The normalized spacial score (nSPS) is 19.0. The fraction of sp³-hybridized carbons (Fsp3) is 0.571. The molecule has 1 aliphatic carbocycles. The molecule has 10 nitrogen and oxygen atoms in total. The maximum Gasteiger partial charge on any atom is 0.242 e. The number of piperidine rings is 1. The molecule has 2 amide bonds. The van der Waals surface area contributed by atoms with Gasteiger partial charge in [-0.1, -0.05) is 6.07 Å². The summed E-state index contributed by atoms with van der Waals surface area (Å²) >= 11 is 1.65. The van der Waals surface area contributed by atoms with Crippen LogP contribution in [0.4, 0.5) is 5.69 Å². The monoisotopic (exact) mass is 654 g/mol. The lowest BCUT2D eigenvalue weighted by Crippen LogP contribution is -2.63. The smallest absolute Gasteiger partial charge is 0.242 e. The molecular weight excluding hydrogens is 604 g/mol. The van der Waals surface area contributed by atoms with E-state index in [1.54, 1.807) is 45.2 Å². The van der Waals surface area contributed by atoms with Gasteiger partial charge >= 0.3 is 0 Å². The van der Waals surface area contributed by atoms with Crippen LogP contribution in [-0.2, 0) is 16.0 Å². The fourth-order valence-corrected chi connectivity index (χ4v) is 7.72. The van der Waals surface area contributed by atoms with E-state index in [1.807, 2.05) is 18.4 Å². The van der Waals surface area contributed by atoms with Crippen LogP contribution in [0.2, 0.25) is 0 Å². The van der Waals surface area contributed by atoms with Crippen molar-refractivity contribution >= 4 is 29.3 Å². The minimum atomic E-state index is -0.610. The summed E-state index contributed by atoms with van der Waals surface area (Å²) in [5.41, 5.74) is 2.92. The van der Waals surface area contributed by atoms with Gasteiger partial charge in [0.25, 0.3) is 0 Å². The first kappa shape index (κ1) is 35.4. The third kappa shape index (κ3) is 8.09. The zero-order valence-electron chi connectivity index (χ0n) is 28.6. The number of hydrogen-bond donors (Lipinski definition) is 4. The molecule has 2 aliphatic rings. The zero-order chi connectivity index (χ0) is 33.8. The van der Waals surface area contributed by atoms with E-state index in [-0.39, 0.29) is 34.4 Å². The molecule has 1 heterocycles. The summed E-state index contributed by atoms with van der Waals surface area (Å²) in [6.07, 6.45) is 5.32. The number of nitrogens with one attached hydrogen (secondary N) is 4. The lowest BCUT2D eigenvalue weighted by Gasteiger charge is -2.46. The molecule has 2 atom stereocenters. The number of hydrogen-bond acceptors (Lipinski definition) is 9.